The van der Waals surface area contributed by atoms with Crippen molar-refractivity contribution in [1.82, 2.24) is 15.0 Å². The third-order valence-corrected chi connectivity index (χ3v) is 4.93. The number of carbonyl (C=O) groups excluding carboxylic acids is 1. The zero-order chi connectivity index (χ0) is 22.1. The number of anilines is 2. The van der Waals surface area contributed by atoms with Gasteiger partial charge in [-0.15, -0.1) is 0 Å². The van der Waals surface area contributed by atoms with Crippen molar-refractivity contribution in [2.45, 2.75) is 12.8 Å². The van der Waals surface area contributed by atoms with Crippen molar-refractivity contribution in [3.05, 3.63) is 65.9 Å². The van der Waals surface area contributed by atoms with Gasteiger partial charge in [0.2, 0.25) is 5.88 Å². The molecular formula is C22H18F2N4O3. The summed E-state index contributed by atoms with van der Waals surface area (Å²) in [5.74, 6) is -2.58. The number of ether oxygens (including phenoxy) is 1. The van der Waals surface area contributed by atoms with E-state index in [9.17, 15) is 18.7 Å². The van der Waals surface area contributed by atoms with Crippen LogP contribution in [0.2, 0.25) is 0 Å². The standard InChI is InChI=1S/C22H18F2N4O3/c1-11(22(30)31-2)12-6-8-13(9-7-12)26-20-18-16(10-25-21(18)29)27-19(28-20)17-14(23)4-3-5-15(17)24/h3-11,25,29H,1-2H3,(H,26,27,28). The summed E-state index contributed by atoms with van der Waals surface area (Å²) in [6.45, 7) is 1.73. The molecule has 4 aromatic rings. The predicted molar refractivity (Wildman–Crippen MR) is 111 cm³/mol. The zero-order valence-electron chi connectivity index (χ0n) is 16.6. The number of hydrogen-bond acceptors (Lipinski definition) is 6. The molecule has 1 unspecified atom stereocenters. The number of nitrogens with one attached hydrogen (secondary N) is 2. The number of rotatable bonds is 5. The van der Waals surface area contributed by atoms with E-state index < -0.39 is 17.6 Å². The Labute approximate surface area is 175 Å². The van der Waals surface area contributed by atoms with Crippen molar-refractivity contribution in [1.29, 1.82) is 0 Å². The Morgan fingerprint density at radius 1 is 1.13 bits per heavy atom. The molecule has 0 amide bonds. The van der Waals surface area contributed by atoms with Crippen LogP contribution in [0.5, 0.6) is 5.88 Å². The van der Waals surface area contributed by atoms with Crippen molar-refractivity contribution in [2.24, 2.45) is 0 Å². The van der Waals surface area contributed by atoms with E-state index in [2.05, 4.69) is 20.3 Å². The second kappa shape index (κ2) is 8.02. The number of esters is 1. The molecule has 3 N–H and O–H groups in total. The van der Waals surface area contributed by atoms with Gasteiger partial charge in [-0.3, -0.25) is 4.79 Å². The number of aromatic hydroxyl groups is 1. The number of hydrogen-bond donors (Lipinski definition) is 3. The minimum atomic E-state index is -0.800. The molecule has 158 valence electrons. The number of benzene rings is 2. The lowest BCUT2D eigenvalue weighted by atomic mass is 10.0. The molecule has 0 bridgehead atoms. The molecule has 0 radical (unpaired) electrons. The average Bonchev–Trinajstić information content (AvgIpc) is 3.14. The summed E-state index contributed by atoms with van der Waals surface area (Å²) in [4.78, 5) is 22.8. The molecule has 0 saturated carbocycles. The van der Waals surface area contributed by atoms with Gasteiger partial charge < -0.3 is 20.1 Å². The van der Waals surface area contributed by atoms with Gasteiger partial charge in [-0.1, -0.05) is 18.2 Å². The van der Waals surface area contributed by atoms with Crippen molar-refractivity contribution in [2.75, 3.05) is 12.4 Å². The van der Waals surface area contributed by atoms with Crippen LogP contribution in [-0.4, -0.2) is 33.1 Å². The largest absolute Gasteiger partial charge is 0.494 e. The third kappa shape index (κ3) is 3.77. The monoisotopic (exact) mass is 424 g/mol. The Balaban J connectivity index is 1.75. The van der Waals surface area contributed by atoms with Gasteiger partial charge in [0.05, 0.1) is 24.1 Å². The molecule has 0 aliphatic rings. The summed E-state index contributed by atoms with van der Waals surface area (Å²) in [6, 6.07) is 10.4. The summed E-state index contributed by atoms with van der Waals surface area (Å²) in [5, 5.41) is 13.5. The van der Waals surface area contributed by atoms with Gasteiger partial charge >= 0.3 is 5.97 Å². The number of nitrogens with zero attached hydrogens (tertiary/aromatic N) is 2. The molecule has 2 heterocycles. The lowest BCUT2D eigenvalue weighted by molar-refractivity contribution is -0.141. The molecule has 1 atom stereocenters. The number of carbonyl (C=O) groups is 1. The van der Waals surface area contributed by atoms with Crippen LogP contribution in [0, 0.1) is 11.6 Å². The molecule has 0 aliphatic heterocycles. The lowest BCUT2D eigenvalue weighted by Gasteiger charge is -2.12. The maximum Gasteiger partial charge on any atom is 0.312 e. The fourth-order valence-electron chi connectivity index (χ4n) is 3.24. The second-order valence-corrected chi connectivity index (χ2v) is 6.88. The van der Waals surface area contributed by atoms with E-state index in [1.54, 1.807) is 31.2 Å². The molecule has 0 saturated heterocycles. The predicted octanol–water partition coefficient (Wildman–Crippen LogP) is 4.63. The Morgan fingerprint density at radius 3 is 2.45 bits per heavy atom. The Morgan fingerprint density at radius 2 is 1.81 bits per heavy atom. The summed E-state index contributed by atoms with van der Waals surface area (Å²) >= 11 is 0. The third-order valence-electron chi connectivity index (χ3n) is 4.93. The Kier molecular flexibility index (Phi) is 5.24. The van der Waals surface area contributed by atoms with Gasteiger partial charge in [0.1, 0.15) is 22.8 Å². The number of fused-ring (bicyclic) bond motifs is 1. The number of halogens is 2. The van der Waals surface area contributed by atoms with E-state index in [1.165, 1.54) is 19.4 Å². The van der Waals surface area contributed by atoms with Crippen LogP contribution in [0.3, 0.4) is 0 Å². The highest BCUT2D eigenvalue weighted by molar-refractivity contribution is 5.96. The van der Waals surface area contributed by atoms with Crippen LogP contribution in [0.25, 0.3) is 22.3 Å². The van der Waals surface area contributed by atoms with Crippen molar-refractivity contribution >= 4 is 28.4 Å². The Bertz CT molecular complexity index is 1250. The molecule has 4 rings (SSSR count). The highest BCUT2D eigenvalue weighted by Gasteiger charge is 2.20. The fraction of sp³-hybridized carbons (Fsp3) is 0.136. The second-order valence-electron chi connectivity index (χ2n) is 6.88. The quantitative estimate of drug-likeness (QED) is 0.404. The fourth-order valence-corrected chi connectivity index (χ4v) is 3.24. The van der Waals surface area contributed by atoms with E-state index in [0.29, 0.717) is 5.69 Å². The molecule has 0 aliphatic carbocycles. The van der Waals surface area contributed by atoms with Gasteiger partial charge in [-0.25, -0.2) is 18.7 Å². The first kappa shape index (κ1) is 20.3. The van der Waals surface area contributed by atoms with Crippen LogP contribution < -0.4 is 5.32 Å². The van der Waals surface area contributed by atoms with Gasteiger partial charge in [0, 0.05) is 11.9 Å². The van der Waals surface area contributed by atoms with Crippen molar-refractivity contribution in [3.63, 3.8) is 0 Å². The molecule has 31 heavy (non-hydrogen) atoms. The zero-order valence-corrected chi connectivity index (χ0v) is 16.6. The topological polar surface area (TPSA) is 100 Å². The highest BCUT2D eigenvalue weighted by Crippen LogP contribution is 2.34. The summed E-state index contributed by atoms with van der Waals surface area (Å²) in [6.07, 6.45) is 1.42. The first-order valence-corrected chi connectivity index (χ1v) is 9.36. The Hall–Kier alpha value is -4.01. The van der Waals surface area contributed by atoms with E-state index in [1.807, 2.05) is 0 Å². The maximum atomic E-state index is 14.3. The highest BCUT2D eigenvalue weighted by atomic mass is 19.1. The van der Waals surface area contributed by atoms with Gasteiger partial charge in [0.15, 0.2) is 5.82 Å². The SMILES string of the molecule is COC(=O)C(C)c1ccc(Nc2nc(-c3c(F)cccc3F)nc3c[nH]c(O)c23)cc1. The van der Waals surface area contributed by atoms with Gasteiger partial charge in [-0.05, 0) is 36.8 Å². The van der Waals surface area contributed by atoms with Crippen molar-refractivity contribution < 1.29 is 23.4 Å². The van der Waals surface area contributed by atoms with E-state index in [0.717, 1.165) is 17.7 Å². The summed E-state index contributed by atoms with van der Waals surface area (Å²) in [7, 11) is 1.33. The summed E-state index contributed by atoms with van der Waals surface area (Å²) < 4.78 is 33.3. The number of aromatic nitrogens is 3. The first-order chi connectivity index (χ1) is 14.9. The minimum Gasteiger partial charge on any atom is -0.494 e. The first-order valence-electron chi connectivity index (χ1n) is 9.36. The number of methoxy groups -OCH3 is 1. The molecule has 0 fully saturated rings. The van der Waals surface area contributed by atoms with Crippen LogP contribution >= 0.6 is 0 Å². The van der Waals surface area contributed by atoms with E-state index in [-0.39, 0.29) is 40.0 Å². The van der Waals surface area contributed by atoms with Crippen LogP contribution in [0.1, 0.15) is 18.4 Å². The minimum absolute atomic E-state index is 0.162. The van der Waals surface area contributed by atoms with Crippen LogP contribution in [-0.2, 0) is 9.53 Å². The smallest absolute Gasteiger partial charge is 0.312 e. The van der Waals surface area contributed by atoms with Crippen LogP contribution in [0.4, 0.5) is 20.3 Å². The number of aromatic amines is 1. The van der Waals surface area contributed by atoms with E-state index >= 15 is 0 Å². The van der Waals surface area contributed by atoms with Crippen LogP contribution in [0.15, 0.2) is 48.7 Å². The molecule has 9 heteroatoms. The summed E-state index contributed by atoms with van der Waals surface area (Å²) in [5.41, 5.74) is 1.25. The lowest BCUT2D eigenvalue weighted by Crippen LogP contribution is -2.10. The molecule has 2 aromatic heterocycles. The van der Waals surface area contributed by atoms with E-state index in [4.69, 9.17) is 4.74 Å². The average molecular weight is 424 g/mol. The molecule has 2 aromatic carbocycles. The normalized spacial score (nSPS) is 12.0. The molecular weight excluding hydrogens is 406 g/mol. The molecule has 7 nitrogen and oxygen atoms in total. The number of H-pyrrole nitrogens is 1. The van der Waals surface area contributed by atoms with Gasteiger partial charge in [-0.2, -0.15) is 0 Å². The maximum absolute atomic E-state index is 14.3. The van der Waals surface area contributed by atoms with Crippen molar-refractivity contribution in [3.8, 4) is 17.3 Å². The molecule has 0 spiro atoms. The van der Waals surface area contributed by atoms with Gasteiger partial charge in [0.25, 0.3) is 0 Å².